The number of aromatic nitrogens is 1. The van der Waals surface area contributed by atoms with Crippen molar-refractivity contribution in [1.29, 1.82) is 0 Å². The van der Waals surface area contributed by atoms with Crippen LogP contribution in [0.25, 0.3) is 20.3 Å². The van der Waals surface area contributed by atoms with Crippen LogP contribution in [0.5, 0.6) is 5.75 Å². The monoisotopic (exact) mass is 334 g/mol. The Morgan fingerprint density at radius 3 is 2.71 bits per heavy atom. The van der Waals surface area contributed by atoms with Gasteiger partial charge in [-0.05, 0) is 48.5 Å². The molecule has 2 aromatic heterocycles. The molecule has 0 spiro atoms. The van der Waals surface area contributed by atoms with Crippen LogP contribution in [-0.4, -0.2) is 18.0 Å². The van der Waals surface area contributed by atoms with E-state index in [0.29, 0.717) is 5.56 Å². The number of nitrogens with one attached hydrogen (secondary N) is 1. The number of carbonyl (C=O) groups excluding carboxylic acids is 1. The van der Waals surface area contributed by atoms with Gasteiger partial charge in [-0.3, -0.25) is 4.79 Å². The summed E-state index contributed by atoms with van der Waals surface area (Å²) in [7, 11) is 1.61. The van der Waals surface area contributed by atoms with Gasteiger partial charge in [-0.25, -0.2) is 4.98 Å². The van der Waals surface area contributed by atoms with Crippen LogP contribution in [0.1, 0.15) is 10.4 Å². The third kappa shape index (κ3) is 2.59. The predicted molar refractivity (Wildman–Crippen MR) is 98.1 cm³/mol. The second-order valence-corrected chi connectivity index (χ2v) is 6.38. The van der Waals surface area contributed by atoms with Crippen LogP contribution in [0.15, 0.2) is 60.8 Å². The topological polar surface area (TPSA) is 51.2 Å². The van der Waals surface area contributed by atoms with Gasteiger partial charge in [0.1, 0.15) is 10.6 Å². The Morgan fingerprint density at radius 2 is 1.92 bits per heavy atom. The quantitative estimate of drug-likeness (QED) is 0.590. The standard InChI is InChI=1S/C19H14N2O2S/c1-23-14-7-5-13(6-8-14)21-18(22)12-4-9-15-16-3-2-10-20-19(16)24-17(15)11-12/h2-11H,1H3,(H,21,22). The van der Waals surface area contributed by atoms with E-state index in [4.69, 9.17) is 4.74 Å². The predicted octanol–water partition coefficient (Wildman–Crippen LogP) is 4.71. The van der Waals surface area contributed by atoms with E-state index in [0.717, 1.165) is 31.7 Å². The number of anilines is 1. The first kappa shape index (κ1) is 14.7. The molecular formula is C19H14N2O2S. The molecule has 0 aliphatic heterocycles. The third-order valence-corrected chi connectivity index (χ3v) is 4.94. The summed E-state index contributed by atoms with van der Waals surface area (Å²) < 4.78 is 6.18. The summed E-state index contributed by atoms with van der Waals surface area (Å²) in [5.41, 5.74) is 1.36. The van der Waals surface area contributed by atoms with Crippen LogP contribution in [0.3, 0.4) is 0 Å². The molecule has 0 saturated heterocycles. The number of rotatable bonds is 3. The first-order valence-corrected chi connectivity index (χ1v) is 8.29. The van der Waals surface area contributed by atoms with Crippen molar-refractivity contribution >= 4 is 43.2 Å². The molecule has 118 valence electrons. The van der Waals surface area contributed by atoms with Crippen molar-refractivity contribution in [3.8, 4) is 5.75 Å². The molecule has 0 radical (unpaired) electrons. The zero-order valence-electron chi connectivity index (χ0n) is 12.9. The molecule has 4 nitrogen and oxygen atoms in total. The highest BCUT2D eigenvalue weighted by atomic mass is 32.1. The van der Waals surface area contributed by atoms with Gasteiger partial charge >= 0.3 is 0 Å². The zero-order chi connectivity index (χ0) is 16.5. The largest absolute Gasteiger partial charge is 0.497 e. The van der Waals surface area contributed by atoms with Gasteiger partial charge in [-0.2, -0.15) is 0 Å². The van der Waals surface area contributed by atoms with Gasteiger partial charge in [0.2, 0.25) is 0 Å². The number of hydrogen-bond acceptors (Lipinski definition) is 4. The van der Waals surface area contributed by atoms with Crippen molar-refractivity contribution in [2.45, 2.75) is 0 Å². The molecular weight excluding hydrogens is 320 g/mol. The fourth-order valence-electron chi connectivity index (χ4n) is 2.63. The number of pyridine rings is 1. The van der Waals surface area contributed by atoms with Crippen molar-refractivity contribution in [2.24, 2.45) is 0 Å². The van der Waals surface area contributed by atoms with Crippen molar-refractivity contribution in [1.82, 2.24) is 4.98 Å². The van der Waals surface area contributed by atoms with Gasteiger partial charge in [0.25, 0.3) is 5.91 Å². The molecule has 2 heterocycles. The molecule has 0 fully saturated rings. The highest BCUT2D eigenvalue weighted by Crippen LogP contribution is 2.32. The molecule has 4 rings (SSSR count). The van der Waals surface area contributed by atoms with Crippen LogP contribution in [0.4, 0.5) is 5.69 Å². The van der Waals surface area contributed by atoms with E-state index in [1.54, 1.807) is 24.6 Å². The maximum Gasteiger partial charge on any atom is 0.255 e. The summed E-state index contributed by atoms with van der Waals surface area (Å²) >= 11 is 1.60. The lowest BCUT2D eigenvalue weighted by atomic mass is 10.1. The average Bonchev–Trinajstić information content (AvgIpc) is 3.00. The van der Waals surface area contributed by atoms with E-state index >= 15 is 0 Å². The molecule has 0 bridgehead atoms. The molecule has 0 aliphatic carbocycles. The minimum atomic E-state index is -0.132. The van der Waals surface area contributed by atoms with E-state index in [1.165, 1.54) is 0 Å². The van der Waals surface area contributed by atoms with Gasteiger partial charge in [-0.15, -0.1) is 11.3 Å². The number of benzene rings is 2. The molecule has 5 heteroatoms. The maximum atomic E-state index is 12.5. The first-order chi connectivity index (χ1) is 11.7. The van der Waals surface area contributed by atoms with Crippen molar-refractivity contribution < 1.29 is 9.53 Å². The number of hydrogen-bond donors (Lipinski definition) is 1. The van der Waals surface area contributed by atoms with E-state index < -0.39 is 0 Å². The third-order valence-electron chi connectivity index (χ3n) is 3.86. The van der Waals surface area contributed by atoms with E-state index in [1.807, 2.05) is 48.5 Å². The lowest BCUT2D eigenvalue weighted by molar-refractivity contribution is 0.102. The minimum Gasteiger partial charge on any atom is -0.497 e. The normalized spacial score (nSPS) is 10.9. The Balaban J connectivity index is 1.65. The number of amides is 1. The first-order valence-electron chi connectivity index (χ1n) is 7.47. The van der Waals surface area contributed by atoms with E-state index in [-0.39, 0.29) is 5.91 Å². The maximum absolute atomic E-state index is 12.5. The van der Waals surface area contributed by atoms with Gasteiger partial charge in [-0.1, -0.05) is 6.07 Å². The Labute approximate surface area is 142 Å². The molecule has 1 amide bonds. The number of methoxy groups -OCH3 is 1. The van der Waals surface area contributed by atoms with E-state index in [2.05, 4.69) is 16.4 Å². The number of nitrogens with zero attached hydrogens (tertiary/aromatic N) is 1. The second-order valence-electron chi connectivity index (χ2n) is 5.35. The molecule has 4 aromatic rings. The van der Waals surface area contributed by atoms with Crippen LogP contribution in [0, 0.1) is 0 Å². The number of thiophene rings is 1. The Kier molecular flexibility index (Phi) is 3.63. The Hall–Kier alpha value is -2.92. The molecule has 24 heavy (non-hydrogen) atoms. The average molecular weight is 334 g/mol. The summed E-state index contributed by atoms with van der Waals surface area (Å²) in [6.45, 7) is 0. The zero-order valence-corrected chi connectivity index (χ0v) is 13.8. The summed E-state index contributed by atoms with van der Waals surface area (Å²) in [5.74, 6) is 0.625. The molecule has 0 saturated carbocycles. The van der Waals surface area contributed by atoms with Gasteiger partial charge in [0.05, 0.1) is 7.11 Å². The molecule has 0 unspecified atom stereocenters. The summed E-state index contributed by atoms with van der Waals surface area (Å²) in [6.07, 6.45) is 1.79. The van der Waals surface area contributed by atoms with Crippen LogP contribution in [0.2, 0.25) is 0 Å². The fourth-order valence-corrected chi connectivity index (χ4v) is 3.71. The van der Waals surface area contributed by atoms with Crippen LogP contribution < -0.4 is 10.1 Å². The second kappa shape index (κ2) is 5.94. The molecule has 2 aromatic carbocycles. The van der Waals surface area contributed by atoms with Crippen LogP contribution >= 0.6 is 11.3 Å². The summed E-state index contributed by atoms with van der Waals surface area (Å²) in [6, 6.07) is 17.0. The van der Waals surface area contributed by atoms with Gasteiger partial charge in [0.15, 0.2) is 0 Å². The highest BCUT2D eigenvalue weighted by Gasteiger charge is 2.10. The highest BCUT2D eigenvalue weighted by molar-refractivity contribution is 7.25. The summed E-state index contributed by atoms with van der Waals surface area (Å²) in [5, 5.41) is 5.16. The number of carbonyl (C=O) groups is 1. The lowest BCUT2D eigenvalue weighted by Crippen LogP contribution is -2.11. The van der Waals surface area contributed by atoms with Crippen molar-refractivity contribution in [2.75, 3.05) is 12.4 Å². The number of ether oxygens (including phenoxy) is 1. The fraction of sp³-hybridized carbons (Fsp3) is 0.0526. The SMILES string of the molecule is COc1ccc(NC(=O)c2ccc3c(c2)sc2ncccc23)cc1. The van der Waals surface area contributed by atoms with Crippen LogP contribution in [-0.2, 0) is 0 Å². The molecule has 1 N–H and O–H groups in total. The summed E-state index contributed by atoms with van der Waals surface area (Å²) in [4.78, 5) is 17.8. The number of fused-ring (bicyclic) bond motifs is 3. The smallest absolute Gasteiger partial charge is 0.255 e. The Bertz CT molecular complexity index is 1040. The van der Waals surface area contributed by atoms with Crippen molar-refractivity contribution in [3.05, 3.63) is 66.4 Å². The van der Waals surface area contributed by atoms with E-state index in [9.17, 15) is 4.79 Å². The van der Waals surface area contributed by atoms with Gasteiger partial charge in [0, 0.05) is 32.9 Å². The molecule has 0 atom stereocenters. The van der Waals surface area contributed by atoms with Crippen molar-refractivity contribution in [3.63, 3.8) is 0 Å². The molecule has 0 aliphatic rings. The lowest BCUT2D eigenvalue weighted by Gasteiger charge is -2.06. The van der Waals surface area contributed by atoms with Gasteiger partial charge < -0.3 is 10.1 Å². The Morgan fingerprint density at radius 1 is 1.08 bits per heavy atom. The minimum absolute atomic E-state index is 0.132.